The molecular formula is C16H33N3O3. The minimum absolute atomic E-state index is 0.128. The van der Waals surface area contributed by atoms with Gasteiger partial charge in [-0.3, -0.25) is 14.8 Å². The molecule has 0 aliphatic rings. The number of carbonyl (C=O) groups excluding carboxylic acids is 2. The molecule has 0 aliphatic carbocycles. The summed E-state index contributed by atoms with van der Waals surface area (Å²) in [5, 5.41) is 15.9. The maximum Gasteiger partial charge on any atom is 0.242 e. The van der Waals surface area contributed by atoms with E-state index in [1.807, 2.05) is 7.05 Å². The van der Waals surface area contributed by atoms with Gasteiger partial charge < -0.3 is 10.6 Å². The zero-order chi connectivity index (χ0) is 16.6. The highest BCUT2D eigenvalue weighted by Gasteiger charge is 2.03. The van der Waals surface area contributed by atoms with E-state index in [4.69, 9.17) is 0 Å². The normalized spacial score (nSPS) is 10.5. The number of unbranched alkanes of at least 4 members (excludes halogenated alkanes) is 6. The SMILES string of the molecule is CNCCCCCCCC(=O)NCCCCCN(O)C(C)=O. The summed E-state index contributed by atoms with van der Waals surface area (Å²) >= 11 is 0. The molecule has 22 heavy (non-hydrogen) atoms. The summed E-state index contributed by atoms with van der Waals surface area (Å²) in [5.74, 6) is -0.206. The zero-order valence-electron chi connectivity index (χ0n) is 14.2. The lowest BCUT2D eigenvalue weighted by atomic mass is 10.1. The van der Waals surface area contributed by atoms with Crippen molar-refractivity contribution >= 4 is 11.8 Å². The smallest absolute Gasteiger partial charge is 0.242 e. The first-order valence-electron chi connectivity index (χ1n) is 8.46. The van der Waals surface area contributed by atoms with Gasteiger partial charge in [0.2, 0.25) is 11.8 Å². The highest BCUT2D eigenvalue weighted by Crippen LogP contribution is 2.05. The van der Waals surface area contributed by atoms with Crippen LogP contribution in [0.2, 0.25) is 0 Å². The van der Waals surface area contributed by atoms with Gasteiger partial charge in [0, 0.05) is 26.4 Å². The molecule has 130 valence electrons. The minimum atomic E-state index is -0.334. The van der Waals surface area contributed by atoms with E-state index in [0.717, 1.165) is 43.7 Å². The summed E-state index contributed by atoms with van der Waals surface area (Å²) in [4.78, 5) is 22.4. The Balaban J connectivity index is 3.27. The molecule has 0 bridgehead atoms. The summed E-state index contributed by atoms with van der Waals surface area (Å²) in [7, 11) is 1.97. The Morgan fingerprint density at radius 2 is 1.50 bits per heavy atom. The van der Waals surface area contributed by atoms with Gasteiger partial charge in [-0.25, -0.2) is 5.06 Å². The number of nitrogens with zero attached hydrogens (tertiary/aromatic N) is 1. The molecule has 0 fully saturated rings. The van der Waals surface area contributed by atoms with Crippen molar-refractivity contribution in [2.75, 3.05) is 26.7 Å². The third-order valence-corrected chi connectivity index (χ3v) is 3.56. The lowest BCUT2D eigenvalue weighted by Crippen LogP contribution is -2.26. The van der Waals surface area contributed by atoms with Crippen LogP contribution >= 0.6 is 0 Å². The summed E-state index contributed by atoms with van der Waals surface area (Å²) in [6.45, 7) is 3.44. The van der Waals surface area contributed by atoms with E-state index < -0.39 is 0 Å². The average Bonchev–Trinajstić information content (AvgIpc) is 2.49. The van der Waals surface area contributed by atoms with Crippen LogP contribution in [0.25, 0.3) is 0 Å². The second-order valence-electron chi connectivity index (χ2n) is 5.67. The van der Waals surface area contributed by atoms with Crippen LogP contribution in [0.4, 0.5) is 0 Å². The van der Waals surface area contributed by atoms with Crippen LogP contribution in [0.1, 0.15) is 64.7 Å². The molecule has 0 aliphatic heterocycles. The fraction of sp³-hybridized carbons (Fsp3) is 0.875. The highest BCUT2D eigenvalue weighted by atomic mass is 16.5. The summed E-state index contributed by atoms with van der Waals surface area (Å²) in [6, 6.07) is 0. The van der Waals surface area contributed by atoms with Crippen LogP contribution in [-0.2, 0) is 9.59 Å². The van der Waals surface area contributed by atoms with Crippen molar-refractivity contribution in [3.05, 3.63) is 0 Å². The van der Waals surface area contributed by atoms with Gasteiger partial charge in [-0.05, 0) is 45.7 Å². The Morgan fingerprint density at radius 1 is 0.909 bits per heavy atom. The molecule has 6 nitrogen and oxygen atoms in total. The van der Waals surface area contributed by atoms with Crippen LogP contribution in [0.3, 0.4) is 0 Å². The Bertz CT molecular complexity index is 298. The molecular weight excluding hydrogens is 282 g/mol. The largest absolute Gasteiger partial charge is 0.356 e. The molecule has 0 spiro atoms. The lowest BCUT2D eigenvalue weighted by Gasteiger charge is -2.11. The number of nitrogens with one attached hydrogen (secondary N) is 2. The fourth-order valence-corrected chi connectivity index (χ4v) is 2.15. The maximum absolute atomic E-state index is 11.6. The number of hydrogen-bond donors (Lipinski definition) is 3. The third-order valence-electron chi connectivity index (χ3n) is 3.56. The van der Waals surface area contributed by atoms with Crippen molar-refractivity contribution in [2.24, 2.45) is 0 Å². The van der Waals surface area contributed by atoms with Crippen LogP contribution in [0, 0.1) is 0 Å². The van der Waals surface area contributed by atoms with E-state index in [2.05, 4.69) is 10.6 Å². The number of carbonyl (C=O) groups is 2. The maximum atomic E-state index is 11.6. The summed E-state index contributed by atoms with van der Waals surface area (Å²) in [6.07, 6.45) is 8.83. The van der Waals surface area contributed by atoms with E-state index in [-0.39, 0.29) is 11.8 Å². The van der Waals surface area contributed by atoms with Gasteiger partial charge in [0.25, 0.3) is 0 Å². The fourth-order valence-electron chi connectivity index (χ4n) is 2.15. The topological polar surface area (TPSA) is 81.7 Å². The van der Waals surface area contributed by atoms with Crippen LogP contribution < -0.4 is 10.6 Å². The van der Waals surface area contributed by atoms with Crippen LogP contribution in [-0.4, -0.2) is 48.8 Å². The van der Waals surface area contributed by atoms with Gasteiger partial charge in [-0.15, -0.1) is 0 Å². The number of hydroxylamine groups is 2. The van der Waals surface area contributed by atoms with Gasteiger partial charge in [-0.2, -0.15) is 0 Å². The average molecular weight is 315 g/mol. The molecule has 0 aromatic rings. The second-order valence-corrected chi connectivity index (χ2v) is 5.67. The number of rotatable bonds is 14. The molecule has 0 saturated carbocycles. The second kappa shape index (κ2) is 14.8. The van der Waals surface area contributed by atoms with Gasteiger partial charge in [0.1, 0.15) is 0 Å². The van der Waals surface area contributed by atoms with Crippen LogP contribution in [0.5, 0.6) is 0 Å². The first kappa shape index (κ1) is 20.9. The van der Waals surface area contributed by atoms with Gasteiger partial charge in [0.15, 0.2) is 0 Å². The minimum Gasteiger partial charge on any atom is -0.356 e. The highest BCUT2D eigenvalue weighted by molar-refractivity contribution is 5.75. The van der Waals surface area contributed by atoms with Gasteiger partial charge >= 0.3 is 0 Å². The Labute approximate surface area is 134 Å². The first-order chi connectivity index (χ1) is 10.6. The van der Waals surface area contributed by atoms with Crippen molar-refractivity contribution in [1.82, 2.24) is 15.7 Å². The standard InChI is InChI=1S/C16H33N3O3/c1-15(20)19(22)14-10-6-9-13-18-16(21)11-7-4-3-5-8-12-17-2/h17,22H,3-14H2,1-2H3,(H,18,21). The van der Waals surface area contributed by atoms with Crippen molar-refractivity contribution < 1.29 is 14.8 Å². The summed E-state index contributed by atoms with van der Waals surface area (Å²) < 4.78 is 0. The van der Waals surface area contributed by atoms with E-state index in [9.17, 15) is 14.8 Å². The van der Waals surface area contributed by atoms with E-state index in [1.165, 1.54) is 26.2 Å². The molecule has 0 aromatic carbocycles. The number of hydrogen-bond acceptors (Lipinski definition) is 4. The molecule has 0 atom stereocenters. The van der Waals surface area contributed by atoms with Crippen molar-refractivity contribution in [1.29, 1.82) is 0 Å². The Hall–Kier alpha value is -1.14. The lowest BCUT2D eigenvalue weighted by molar-refractivity contribution is -0.162. The molecule has 0 radical (unpaired) electrons. The van der Waals surface area contributed by atoms with E-state index in [0.29, 0.717) is 19.5 Å². The van der Waals surface area contributed by atoms with E-state index >= 15 is 0 Å². The van der Waals surface area contributed by atoms with Crippen LogP contribution in [0.15, 0.2) is 0 Å². The molecule has 0 rings (SSSR count). The monoisotopic (exact) mass is 315 g/mol. The Kier molecular flexibility index (Phi) is 14.0. The molecule has 0 saturated heterocycles. The Morgan fingerprint density at radius 3 is 2.18 bits per heavy atom. The zero-order valence-corrected chi connectivity index (χ0v) is 14.2. The molecule has 2 amide bonds. The predicted octanol–water partition coefficient (Wildman–Crippen LogP) is 2.07. The molecule has 0 aromatic heterocycles. The number of amides is 2. The summed E-state index contributed by atoms with van der Waals surface area (Å²) in [5.41, 5.74) is 0. The molecule has 3 N–H and O–H groups in total. The third kappa shape index (κ3) is 13.8. The van der Waals surface area contributed by atoms with Crippen molar-refractivity contribution in [3.8, 4) is 0 Å². The molecule has 6 heteroatoms. The van der Waals surface area contributed by atoms with Crippen molar-refractivity contribution in [2.45, 2.75) is 64.7 Å². The predicted molar refractivity (Wildman–Crippen MR) is 87.7 cm³/mol. The van der Waals surface area contributed by atoms with Gasteiger partial charge in [-0.1, -0.05) is 19.3 Å². The molecule has 0 unspecified atom stereocenters. The first-order valence-corrected chi connectivity index (χ1v) is 8.46. The quantitative estimate of drug-likeness (QED) is 0.260. The van der Waals surface area contributed by atoms with E-state index in [1.54, 1.807) is 0 Å². The molecule has 0 heterocycles. The van der Waals surface area contributed by atoms with Gasteiger partial charge in [0.05, 0.1) is 0 Å². The van der Waals surface area contributed by atoms with Crippen molar-refractivity contribution in [3.63, 3.8) is 0 Å².